The molecule has 0 radical (unpaired) electrons. The Bertz CT molecular complexity index is 341. The molecule has 1 aromatic rings. The topological polar surface area (TPSA) is 35.5 Å². The van der Waals surface area contributed by atoms with Gasteiger partial charge in [0.15, 0.2) is 0 Å². The molecular weight excluding hydrogens is 192 g/mol. The first-order valence-electron chi connectivity index (χ1n) is 4.81. The monoisotopic (exact) mass is 206 g/mol. The summed E-state index contributed by atoms with van der Waals surface area (Å²) in [7, 11) is 0. The molecule has 3 nitrogen and oxygen atoms in total. The first kappa shape index (κ1) is 11.5. The molecule has 15 heavy (non-hydrogen) atoms. The summed E-state index contributed by atoms with van der Waals surface area (Å²) < 4.78 is 0. The summed E-state index contributed by atoms with van der Waals surface area (Å²) in [6, 6.07) is 9.57. The van der Waals surface area contributed by atoms with Gasteiger partial charge in [-0.3, -0.25) is 4.89 Å². The van der Waals surface area contributed by atoms with Crippen LogP contribution in [-0.4, -0.2) is 12.6 Å². The minimum absolute atomic E-state index is 0.352. The molecule has 0 saturated heterocycles. The third kappa shape index (κ3) is 3.95. The average molecular weight is 206 g/mol. The van der Waals surface area contributed by atoms with E-state index in [2.05, 4.69) is 9.78 Å². The van der Waals surface area contributed by atoms with Crippen LogP contribution in [0.15, 0.2) is 35.9 Å². The van der Waals surface area contributed by atoms with Crippen LogP contribution in [0.1, 0.15) is 19.4 Å². The van der Waals surface area contributed by atoms with Crippen molar-refractivity contribution in [3.8, 4) is 0 Å². The SMILES string of the molecule is CCOOC(=O)C(C)=Cc1ccccc1. The van der Waals surface area contributed by atoms with E-state index in [0.29, 0.717) is 12.2 Å². The van der Waals surface area contributed by atoms with Crippen LogP contribution >= 0.6 is 0 Å². The van der Waals surface area contributed by atoms with E-state index < -0.39 is 5.97 Å². The normalized spacial score (nSPS) is 11.2. The summed E-state index contributed by atoms with van der Waals surface area (Å²) in [5, 5.41) is 0. The van der Waals surface area contributed by atoms with E-state index in [-0.39, 0.29) is 0 Å². The van der Waals surface area contributed by atoms with Crippen molar-refractivity contribution in [1.82, 2.24) is 0 Å². The molecule has 1 aromatic carbocycles. The van der Waals surface area contributed by atoms with Gasteiger partial charge in [0.2, 0.25) is 0 Å². The third-order valence-electron chi connectivity index (χ3n) is 1.76. The molecule has 3 heteroatoms. The van der Waals surface area contributed by atoms with E-state index in [1.54, 1.807) is 19.9 Å². The van der Waals surface area contributed by atoms with Crippen LogP contribution in [0.5, 0.6) is 0 Å². The summed E-state index contributed by atoms with van der Waals surface area (Å²) in [5.41, 5.74) is 1.47. The second kappa shape index (κ2) is 5.98. The first-order chi connectivity index (χ1) is 7.24. The minimum Gasteiger partial charge on any atom is -0.293 e. The summed E-state index contributed by atoms with van der Waals surface area (Å²) in [4.78, 5) is 20.4. The fraction of sp³-hybridized carbons (Fsp3) is 0.250. The highest BCUT2D eigenvalue weighted by molar-refractivity contribution is 5.92. The smallest absolute Gasteiger partial charge is 0.293 e. The molecule has 0 aliphatic rings. The lowest BCUT2D eigenvalue weighted by molar-refractivity contribution is -0.265. The van der Waals surface area contributed by atoms with Crippen LogP contribution < -0.4 is 0 Å². The number of carbonyl (C=O) groups is 1. The van der Waals surface area contributed by atoms with Gasteiger partial charge in [0, 0.05) is 5.57 Å². The van der Waals surface area contributed by atoms with Gasteiger partial charge in [0.25, 0.3) is 0 Å². The molecule has 0 bridgehead atoms. The van der Waals surface area contributed by atoms with Crippen molar-refractivity contribution in [1.29, 1.82) is 0 Å². The van der Waals surface area contributed by atoms with Crippen molar-refractivity contribution in [3.05, 3.63) is 41.5 Å². The fourth-order valence-corrected chi connectivity index (χ4v) is 1.04. The van der Waals surface area contributed by atoms with Crippen molar-refractivity contribution >= 4 is 12.0 Å². The largest absolute Gasteiger partial charge is 0.368 e. The van der Waals surface area contributed by atoms with E-state index >= 15 is 0 Å². The Morgan fingerprint density at radius 1 is 1.33 bits per heavy atom. The molecule has 0 amide bonds. The predicted molar refractivity (Wildman–Crippen MR) is 57.8 cm³/mol. The van der Waals surface area contributed by atoms with Crippen LogP contribution in [0, 0.1) is 0 Å². The second-order valence-corrected chi connectivity index (χ2v) is 3.02. The van der Waals surface area contributed by atoms with Crippen LogP contribution in [0.2, 0.25) is 0 Å². The minimum atomic E-state index is -0.458. The van der Waals surface area contributed by atoms with Crippen LogP contribution in [0.25, 0.3) is 6.08 Å². The Hall–Kier alpha value is -1.61. The van der Waals surface area contributed by atoms with Gasteiger partial charge in [-0.1, -0.05) is 30.3 Å². The molecule has 80 valence electrons. The van der Waals surface area contributed by atoms with Crippen LogP contribution in [0.3, 0.4) is 0 Å². The van der Waals surface area contributed by atoms with E-state index in [4.69, 9.17) is 0 Å². The average Bonchev–Trinajstić information content (AvgIpc) is 2.27. The number of hydrogen-bond acceptors (Lipinski definition) is 3. The summed E-state index contributed by atoms with van der Waals surface area (Å²) >= 11 is 0. The van der Waals surface area contributed by atoms with Crippen LogP contribution in [0.4, 0.5) is 0 Å². The standard InChI is InChI=1S/C12H14O3/c1-3-14-15-12(13)10(2)9-11-7-5-4-6-8-11/h4-9H,3H2,1-2H3. The Morgan fingerprint density at radius 2 is 2.00 bits per heavy atom. The maximum Gasteiger partial charge on any atom is 0.368 e. The maximum absolute atomic E-state index is 11.3. The highest BCUT2D eigenvalue weighted by atomic mass is 17.2. The van der Waals surface area contributed by atoms with E-state index in [9.17, 15) is 4.79 Å². The molecule has 1 rings (SSSR count). The summed E-state index contributed by atoms with van der Waals surface area (Å²) in [6.45, 7) is 3.79. The zero-order valence-electron chi connectivity index (χ0n) is 8.90. The van der Waals surface area contributed by atoms with E-state index in [1.165, 1.54) is 0 Å². The lowest BCUT2D eigenvalue weighted by Gasteiger charge is -2.01. The van der Waals surface area contributed by atoms with Crippen molar-refractivity contribution in [2.45, 2.75) is 13.8 Å². The quantitative estimate of drug-likeness (QED) is 0.431. The van der Waals surface area contributed by atoms with Gasteiger partial charge >= 0.3 is 5.97 Å². The molecule has 0 aliphatic carbocycles. The van der Waals surface area contributed by atoms with Gasteiger partial charge < -0.3 is 0 Å². The molecule has 0 atom stereocenters. The summed E-state index contributed by atoms with van der Waals surface area (Å²) in [6.07, 6.45) is 1.75. The lowest BCUT2D eigenvalue weighted by Crippen LogP contribution is -2.06. The van der Waals surface area contributed by atoms with Crippen LogP contribution in [-0.2, 0) is 14.6 Å². The van der Waals surface area contributed by atoms with Crippen molar-refractivity contribution < 1.29 is 14.6 Å². The predicted octanol–water partition coefficient (Wildman–Crippen LogP) is 2.58. The van der Waals surface area contributed by atoms with Gasteiger partial charge in [0.1, 0.15) is 0 Å². The first-order valence-corrected chi connectivity index (χ1v) is 4.81. The van der Waals surface area contributed by atoms with Gasteiger partial charge in [-0.25, -0.2) is 4.79 Å². The highest BCUT2D eigenvalue weighted by Crippen LogP contribution is 2.07. The van der Waals surface area contributed by atoms with Crippen molar-refractivity contribution in [2.24, 2.45) is 0 Å². The second-order valence-electron chi connectivity index (χ2n) is 3.02. The zero-order valence-corrected chi connectivity index (χ0v) is 8.90. The van der Waals surface area contributed by atoms with Gasteiger partial charge in [-0.15, -0.1) is 0 Å². The maximum atomic E-state index is 11.3. The molecule has 0 heterocycles. The van der Waals surface area contributed by atoms with E-state index in [1.807, 2.05) is 30.3 Å². The molecule has 0 aliphatic heterocycles. The lowest BCUT2D eigenvalue weighted by atomic mass is 10.1. The Morgan fingerprint density at radius 3 is 2.60 bits per heavy atom. The molecular formula is C12H14O3. The zero-order chi connectivity index (χ0) is 11.1. The molecule has 0 fully saturated rings. The molecule has 0 aromatic heterocycles. The number of hydrogen-bond donors (Lipinski definition) is 0. The number of benzene rings is 1. The molecule has 0 saturated carbocycles. The van der Waals surface area contributed by atoms with Gasteiger partial charge in [0.05, 0.1) is 6.61 Å². The molecule has 0 N–H and O–H groups in total. The molecule has 0 unspecified atom stereocenters. The van der Waals surface area contributed by atoms with E-state index in [0.717, 1.165) is 5.56 Å². The Kier molecular flexibility index (Phi) is 4.57. The van der Waals surface area contributed by atoms with Gasteiger partial charge in [-0.05, 0) is 25.5 Å². The Balaban J connectivity index is 2.63. The highest BCUT2D eigenvalue weighted by Gasteiger charge is 2.05. The van der Waals surface area contributed by atoms with Gasteiger partial charge in [-0.2, -0.15) is 4.89 Å². The fourth-order valence-electron chi connectivity index (χ4n) is 1.04. The number of rotatable bonds is 4. The Labute approximate surface area is 89.2 Å². The third-order valence-corrected chi connectivity index (χ3v) is 1.76. The van der Waals surface area contributed by atoms with Crippen molar-refractivity contribution in [2.75, 3.05) is 6.61 Å². The van der Waals surface area contributed by atoms with Crippen molar-refractivity contribution in [3.63, 3.8) is 0 Å². The summed E-state index contributed by atoms with van der Waals surface area (Å²) in [5.74, 6) is -0.458. The molecule has 0 spiro atoms. The number of carbonyl (C=O) groups excluding carboxylic acids is 1.